The molecule has 0 radical (unpaired) electrons. The van der Waals surface area contributed by atoms with Crippen molar-refractivity contribution in [2.75, 3.05) is 11.9 Å². The number of fused-ring (bicyclic) bond motifs is 1. The Kier molecular flexibility index (Phi) is 4.76. The summed E-state index contributed by atoms with van der Waals surface area (Å²) in [6, 6.07) is 11.4. The normalized spacial score (nSPS) is 12.0. The van der Waals surface area contributed by atoms with Crippen LogP contribution in [0.15, 0.2) is 48.5 Å². The van der Waals surface area contributed by atoms with Crippen molar-refractivity contribution in [3.63, 3.8) is 0 Å². The van der Waals surface area contributed by atoms with Crippen molar-refractivity contribution in [1.82, 2.24) is 9.97 Å². The Morgan fingerprint density at radius 2 is 1.62 bits per heavy atom. The number of halogens is 5. The molecule has 0 aliphatic rings. The second-order valence-corrected chi connectivity index (χ2v) is 5.77. The maximum absolute atomic E-state index is 13.1. The lowest BCUT2D eigenvalue weighted by atomic mass is 10.1. The Morgan fingerprint density at radius 1 is 0.962 bits per heavy atom. The zero-order valence-electron chi connectivity index (χ0n) is 13.6. The molecule has 8 heteroatoms. The molecule has 3 nitrogen and oxygen atoms in total. The summed E-state index contributed by atoms with van der Waals surface area (Å²) in [5, 5.41) is 0.589. The molecule has 0 N–H and O–H groups in total. The molecule has 0 fully saturated rings. The smallest absolute Gasteiger partial charge is 0.355 e. The van der Waals surface area contributed by atoms with Gasteiger partial charge in [0.25, 0.3) is 6.43 Å². The molecule has 0 spiro atoms. The highest BCUT2D eigenvalue weighted by Crippen LogP contribution is 2.30. The average Bonchev–Trinajstić information content (AvgIpc) is 2.60. The molecule has 3 rings (SSSR count). The quantitative estimate of drug-likeness (QED) is 0.592. The van der Waals surface area contributed by atoms with Crippen LogP contribution >= 0.6 is 0 Å². The van der Waals surface area contributed by atoms with Gasteiger partial charge in [0, 0.05) is 19.0 Å². The van der Waals surface area contributed by atoms with E-state index < -0.39 is 24.0 Å². The van der Waals surface area contributed by atoms with E-state index >= 15 is 0 Å². The van der Waals surface area contributed by atoms with Crippen molar-refractivity contribution in [2.45, 2.75) is 19.1 Å². The summed E-state index contributed by atoms with van der Waals surface area (Å²) >= 11 is 0. The third-order valence-corrected chi connectivity index (χ3v) is 3.86. The molecule has 0 saturated carbocycles. The monoisotopic (exact) mass is 367 g/mol. The SMILES string of the molecule is CN(Cc1ccc(C(F)(F)F)cc1)c1nc(C(F)F)nc2ccccc12. The van der Waals surface area contributed by atoms with Crippen molar-refractivity contribution >= 4 is 16.7 Å². The summed E-state index contributed by atoms with van der Waals surface area (Å²) in [7, 11) is 1.64. The van der Waals surface area contributed by atoms with Gasteiger partial charge in [-0.1, -0.05) is 24.3 Å². The van der Waals surface area contributed by atoms with Crippen LogP contribution in [-0.4, -0.2) is 17.0 Å². The van der Waals surface area contributed by atoms with E-state index in [0.29, 0.717) is 22.3 Å². The summed E-state index contributed by atoms with van der Waals surface area (Å²) < 4.78 is 64.1. The van der Waals surface area contributed by atoms with Gasteiger partial charge in [-0.3, -0.25) is 0 Å². The third-order valence-electron chi connectivity index (χ3n) is 3.86. The molecule has 0 atom stereocenters. The van der Waals surface area contributed by atoms with Crippen molar-refractivity contribution in [3.05, 3.63) is 65.5 Å². The summed E-state index contributed by atoms with van der Waals surface area (Å²) in [5.74, 6) is -0.288. The number of para-hydroxylation sites is 1. The van der Waals surface area contributed by atoms with Crippen LogP contribution in [0.2, 0.25) is 0 Å². The van der Waals surface area contributed by atoms with Crippen LogP contribution in [-0.2, 0) is 12.7 Å². The van der Waals surface area contributed by atoms with E-state index in [-0.39, 0.29) is 6.54 Å². The molecule has 1 heterocycles. The predicted molar refractivity (Wildman–Crippen MR) is 88.0 cm³/mol. The summed E-state index contributed by atoms with van der Waals surface area (Å²) in [5.41, 5.74) is 0.241. The van der Waals surface area contributed by atoms with Crippen LogP contribution in [0, 0.1) is 0 Å². The molecule has 0 aliphatic heterocycles. The van der Waals surface area contributed by atoms with Gasteiger partial charge in [-0.15, -0.1) is 0 Å². The zero-order valence-corrected chi connectivity index (χ0v) is 13.6. The summed E-state index contributed by atoms with van der Waals surface area (Å²) in [6.45, 7) is 0.210. The molecular weight excluding hydrogens is 353 g/mol. The van der Waals surface area contributed by atoms with Crippen LogP contribution in [0.4, 0.5) is 27.8 Å². The minimum Gasteiger partial charge on any atom is -0.355 e. The van der Waals surface area contributed by atoms with Gasteiger partial charge in [0.1, 0.15) is 5.82 Å². The molecule has 0 amide bonds. The molecule has 0 unspecified atom stereocenters. The van der Waals surface area contributed by atoms with Gasteiger partial charge in [-0.25, -0.2) is 18.7 Å². The van der Waals surface area contributed by atoms with Crippen molar-refractivity contribution in [1.29, 1.82) is 0 Å². The van der Waals surface area contributed by atoms with E-state index in [2.05, 4.69) is 9.97 Å². The van der Waals surface area contributed by atoms with Crippen LogP contribution in [0.25, 0.3) is 10.9 Å². The van der Waals surface area contributed by atoms with E-state index in [0.717, 1.165) is 12.1 Å². The van der Waals surface area contributed by atoms with Crippen LogP contribution in [0.3, 0.4) is 0 Å². The van der Waals surface area contributed by atoms with Crippen molar-refractivity contribution in [2.24, 2.45) is 0 Å². The minimum absolute atomic E-state index is 0.210. The highest BCUT2D eigenvalue weighted by molar-refractivity contribution is 5.89. The number of aromatic nitrogens is 2. The predicted octanol–water partition coefficient (Wildman–Crippen LogP) is 5.22. The van der Waals surface area contributed by atoms with Gasteiger partial charge in [0.2, 0.25) is 0 Å². The van der Waals surface area contributed by atoms with E-state index in [9.17, 15) is 22.0 Å². The first-order valence-corrected chi connectivity index (χ1v) is 7.68. The molecule has 0 bridgehead atoms. The summed E-state index contributed by atoms with van der Waals surface area (Å²) in [6.07, 6.45) is -7.22. The zero-order chi connectivity index (χ0) is 18.9. The van der Waals surface area contributed by atoms with Gasteiger partial charge < -0.3 is 4.90 Å². The Hall–Kier alpha value is -2.77. The maximum Gasteiger partial charge on any atom is 0.416 e. The van der Waals surface area contributed by atoms with Gasteiger partial charge >= 0.3 is 6.18 Å². The number of rotatable bonds is 4. The molecule has 2 aromatic carbocycles. The van der Waals surface area contributed by atoms with Gasteiger partial charge in [-0.2, -0.15) is 13.2 Å². The topological polar surface area (TPSA) is 29.0 Å². The standard InChI is InChI=1S/C18H14F5N3/c1-26(10-11-6-8-12(9-7-11)18(21,22)23)17-13-4-2-3-5-14(13)24-16(25-17)15(19)20/h2-9,15H,10H2,1H3. The average molecular weight is 367 g/mol. The fourth-order valence-corrected chi connectivity index (χ4v) is 2.61. The first kappa shape index (κ1) is 18.0. The number of nitrogens with zero attached hydrogens (tertiary/aromatic N) is 3. The molecular formula is C18H14F5N3. The molecule has 3 aromatic rings. The number of anilines is 1. The Bertz CT molecular complexity index is 907. The van der Waals surface area contributed by atoms with E-state index in [1.807, 2.05) is 0 Å². The van der Waals surface area contributed by atoms with Gasteiger partial charge in [0.15, 0.2) is 5.82 Å². The lowest BCUT2D eigenvalue weighted by Gasteiger charge is -2.21. The third kappa shape index (κ3) is 3.74. The Morgan fingerprint density at radius 3 is 2.23 bits per heavy atom. The lowest BCUT2D eigenvalue weighted by molar-refractivity contribution is -0.137. The molecule has 0 saturated heterocycles. The highest BCUT2D eigenvalue weighted by Gasteiger charge is 2.30. The molecule has 26 heavy (non-hydrogen) atoms. The lowest BCUT2D eigenvalue weighted by Crippen LogP contribution is -2.19. The highest BCUT2D eigenvalue weighted by atomic mass is 19.4. The Balaban J connectivity index is 1.93. The molecule has 0 aliphatic carbocycles. The number of benzene rings is 2. The number of hydrogen-bond donors (Lipinski definition) is 0. The Labute approximate surface area is 146 Å². The molecule has 136 valence electrons. The second kappa shape index (κ2) is 6.86. The first-order chi connectivity index (χ1) is 12.3. The first-order valence-electron chi connectivity index (χ1n) is 7.68. The van der Waals surface area contributed by atoms with Crippen molar-refractivity contribution in [3.8, 4) is 0 Å². The van der Waals surface area contributed by atoms with E-state index in [1.54, 1.807) is 36.2 Å². The van der Waals surface area contributed by atoms with Crippen LogP contribution in [0.5, 0.6) is 0 Å². The van der Waals surface area contributed by atoms with Crippen molar-refractivity contribution < 1.29 is 22.0 Å². The minimum atomic E-state index is -4.40. The van der Waals surface area contributed by atoms with Crippen LogP contribution in [0.1, 0.15) is 23.4 Å². The largest absolute Gasteiger partial charge is 0.416 e. The maximum atomic E-state index is 13.1. The number of alkyl halides is 5. The van der Waals surface area contributed by atoms with E-state index in [4.69, 9.17) is 0 Å². The number of hydrogen-bond acceptors (Lipinski definition) is 3. The fraction of sp³-hybridized carbons (Fsp3) is 0.222. The van der Waals surface area contributed by atoms with E-state index in [1.165, 1.54) is 12.1 Å². The van der Waals surface area contributed by atoms with Gasteiger partial charge in [0.05, 0.1) is 11.1 Å². The van der Waals surface area contributed by atoms with Crippen LogP contribution < -0.4 is 4.90 Å². The molecule has 1 aromatic heterocycles. The fourth-order valence-electron chi connectivity index (χ4n) is 2.61. The second-order valence-electron chi connectivity index (χ2n) is 5.77. The summed E-state index contributed by atoms with van der Waals surface area (Å²) in [4.78, 5) is 9.40. The van der Waals surface area contributed by atoms with Gasteiger partial charge in [-0.05, 0) is 29.8 Å².